The zero-order chi connectivity index (χ0) is 16.0. The average Bonchev–Trinajstić information content (AvgIpc) is 3.31. The SMILES string of the molecule is CCN(C)CCNC(=NC)NCC1(c2cccc(Cl)c2)CC1. The first-order valence-corrected chi connectivity index (χ1v) is 8.36. The molecule has 0 heterocycles. The molecule has 1 aromatic carbocycles. The van der Waals surface area contributed by atoms with Gasteiger partial charge in [0.25, 0.3) is 0 Å². The van der Waals surface area contributed by atoms with Crippen molar-refractivity contribution in [3.05, 3.63) is 34.9 Å². The van der Waals surface area contributed by atoms with Gasteiger partial charge in [0.1, 0.15) is 0 Å². The van der Waals surface area contributed by atoms with Crippen LogP contribution < -0.4 is 10.6 Å². The van der Waals surface area contributed by atoms with Gasteiger partial charge in [0.05, 0.1) is 0 Å². The van der Waals surface area contributed by atoms with Gasteiger partial charge in [0.2, 0.25) is 0 Å². The first-order valence-electron chi connectivity index (χ1n) is 7.99. The van der Waals surface area contributed by atoms with Crippen LogP contribution >= 0.6 is 11.6 Å². The maximum Gasteiger partial charge on any atom is 0.191 e. The molecule has 4 nitrogen and oxygen atoms in total. The molecule has 0 aliphatic heterocycles. The zero-order valence-corrected chi connectivity index (χ0v) is 14.6. The van der Waals surface area contributed by atoms with Gasteiger partial charge in [-0.15, -0.1) is 0 Å². The highest BCUT2D eigenvalue weighted by Gasteiger charge is 2.44. The normalized spacial score (nSPS) is 16.7. The Bertz CT molecular complexity index is 511. The Balaban J connectivity index is 1.83. The monoisotopic (exact) mass is 322 g/mol. The van der Waals surface area contributed by atoms with Crippen LogP contribution in [0.4, 0.5) is 0 Å². The topological polar surface area (TPSA) is 39.7 Å². The number of nitrogens with zero attached hydrogens (tertiary/aromatic N) is 2. The van der Waals surface area contributed by atoms with Crippen LogP contribution in [0.1, 0.15) is 25.3 Å². The van der Waals surface area contributed by atoms with E-state index in [0.717, 1.165) is 37.2 Å². The molecule has 5 heteroatoms. The van der Waals surface area contributed by atoms with Gasteiger partial charge >= 0.3 is 0 Å². The van der Waals surface area contributed by atoms with Crippen molar-refractivity contribution < 1.29 is 0 Å². The van der Waals surface area contributed by atoms with E-state index in [1.807, 2.05) is 19.2 Å². The van der Waals surface area contributed by atoms with Gasteiger partial charge in [-0.1, -0.05) is 30.7 Å². The molecule has 0 radical (unpaired) electrons. The summed E-state index contributed by atoms with van der Waals surface area (Å²) in [5, 5.41) is 7.64. The molecule has 122 valence electrons. The summed E-state index contributed by atoms with van der Waals surface area (Å²) in [6, 6.07) is 8.22. The van der Waals surface area contributed by atoms with Crippen molar-refractivity contribution in [1.29, 1.82) is 0 Å². The van der Waals surface area contributed by atoms with Gasteiger partial charge in [-0.3, -0.25) is 4.99 Å². The summed E-state index contributed by atoms with van der Waals surface area (Å²) in [6.07, 6.45) is 2.41. The maximum absolute atomic E-state index is 6.12. The standard InChI is InChI=1S/C17H27ClN4/c1-4-22(3)11-10-20-16(19-2)21-13-17(8-9-17)14-6-5-7-15(18)12-14/h5-7,12H,4,8-11,13H2,1-3H3,(H2,19,20,21). The number of hydrogen-bond acceptors (Lipinski definition) is 2. The van der Waals surface area contributed by atoms with Crippen LogP contribution in [0.2, 0.25) is 5.02 Å². The van der Waals surface area contributed by atoms with E-state index in [1.54, 1.807) is 0 Å². The first-order chi connectivity index (χ1) is 10.6. The molecule has 1 saturated carbocycles. The number of hydrogen-bond donors (Lipinski definition) is 2. The van der Waals surface area contributed by atoms with Crippen LogP contribution in [0.5, 0.6) is 0 Å². The lowest BCUT2D eigenvalue weighted by atomic mass is 9.96. The van der Waals surface area contributed by atoms with E-state index in [0.29, 0.717) is 0 Å². The van der Waals surface area contributed by atoms with Crippen molar-refractivity contribution in [1.82, 2.24) is 15.5 Å². The molecule has 22 heavy (non-hydrogen) atoms. The van der Waals surface area contributed by atoms with Gasteiger partial charge in [-0.25, -0.2) is 0 Å². The number of halogens is 1. The van der Waals surface area contributed by atoms with E-state index >= 15 is 0 Å². The summed E-state index contributed by atoms with van der Waals surface area (Å²) in [6.45, 7) is 6.03. The van der Waals surface area contributed by atoms with E-state index < -0.39 is 0 Å². The molecule has 0 amide bonds. The minimum absolute atomic E-state index is 0.225. The Morgan fingerprint density at radius 3 is 2.73 bits per heavy atom. The largest absolute Gasteiger partial charge is 0.356 e. The number of aliphatic imine (C=N–C) groups is 1. The van der Waals surface area contributed by atoms with Crippen LogP contribution in [-0.4, -0.2) is 51.1 Å². The molecule has 1 fully saturated rings. The molecular formula is C17H27ClN4. The van der Waals surface area contributed by atoms with Crippen molar-refractivity contribution in [3.8, 4) is 0 Å². The molecule has 2 N–H and O–H groups in total. The third-order valence-corrected chi connectivity index (χ3v) is 4.67. The van der Waals surface area contributed by atoms with Crippen molar-refractivity contribution >= 4 is 17.6 Å². The number of rotatable bonds is 7. The molecule has 0 bridgehead atoms. The molecule has 1 aliphatic rings. The Hall–Kier alpha value is -1.26. The fraction of sp³-hybridized carbons (Fsp3) is 0.588. The van der Waals surface area contributed by atoms with Crippen molar-refractivity contribution in [2.45, 2.75) is 25.2 Å². The van der Waals surface area contributed by atoms with Gasteiger partial charge in [-0.2, -0.15) is 0 Å². The lowest BCUT2D eigenvalue weighted by molar-refractivity contribution is 0.357. The lowest BCUT2D eigenvalue weighted by Gasteiger charge is -2.20. The molecule has 1 aromatic rings. The van der Waals surface area contributed by atoms with Crippen LogP contribution in [0, 0.1) is 0 Å². The van der Waals surface area contributed by atoms with Crippen LogP contribution in [0.3, 0.4) is 0 Å². The fourth-order valence-electron chi connectivity index (χ4n) is 2.53. The highest BCUT2D eigenvalue weighted by Crippen LogP contribution is 2.48. The summed E-state index contributed by atoms with van der Waals surface area (Å²) in [4.78, 5) is 6.58. The van der Waals surface area contributed by atoms with E-state index in [1.165, 1.54) is 18.4 Å². The summed E-state index contributed by atoms with van der Waals surface area (Å²) < 4.78 is 0. The third kappa shape index (κ3) is 4.62. The van der Waals surface area contributed by atoms with Crippen molar-refractivity contribution in [3.63, 3.8) is 0 Å². The first kappa shape index (κ1) is 17.1. The molecule has 0 aromatic heterocycles. The number of guanidine groups is 1. The minimum atomic E-state index is 0.225. The molecule has 1 aliphatic carbocycles. The summed E-state index contributed by atoms with van der Waals surface area (Å²) in [7, 11) is 3.94. The predicted octanol–water partition coefficient (Wildman–Crippen LogP) is 2.49. The van der Waals surface area contributed by atoms with E-state index in [-0.39, 0.29) is 5.41 Å². The number of nitrogens with one attached hydrogen (secondary N) is 2. The average molecular weight is 323 g/mol. The second kappa shape index (κ2) is 7.84. The van der Waals surface area contributed by atoms with Crippen LogP contribution in [-0.2, 0) is 5.41 Å². The second-order valence-electron chi connectivity index (χ2n) is 6.04. The molecule has 0 spiro atoms. The zero-order valence-electron chi connectivity index (χ0n) is 13.8. The third-order valence-electron chi connectivity index (χ3n) is 4.43. The van der Waals surface area contributed by atoms with Gasteiger partial charge in [0.15, 0.2) is 5.96 Å². The Morgan fingerprint density at radius 1 is 1.36 bits per heavy atom. The molecule has 0 atom stereocenters. The van der Waals surface area contributed by atoms with Gasteiger partial charge in [-0.05, 0) is 44.1 Å². The van der Waals surface area contributed by atoms with Gasteiger partial charge < -0.3 is 15.5 Å². The van der Waals surface area contributed by atoms with Gasteiger partial charge in [0, 0.05) is 37.1 Å². The number of benzene rings is 1. The number of likely N-dealkylation sites (N-methyl/N-ethyl adjacent to an activating group) is 1. The second-order valence-corrected chi connectivity index (χ2v) is 6.48. The van der Waals surface area contributed by atoms with Crippen molar-refractivity contribution in [2.24, 2.45) is 4.99 Å². The Labute approximate surface area is 138 Å². The predicted molar refractivity (Wildman–Crippen MR) is 94.9 cm³/mol. The summed E-state index contributed by atoms with van der Waals surface area (Å²) in [5.74, 6) is 0.873. The highest BCUT2D eigenvalue weighted by atomic mass is 35.5. The quantitative estimate of drug-likeness (QED) is 0.598. The van der Waals surface area contributed by atoms with Crippen LogP contribution in [0.25, 0.3) is 0 Å². The summed E-state index contributed by atoms with van der Waals surface area (Å²) in [5.41, 5.74) is 1.55. The smallest absolute Gasteiger partial charge is 0.191 e. The highest BCUT2D eigenvalue weighted by molar-refractivity contribution is 6.30. The maximum atomic E-state index is 6.12. The Kier molecular flexibility index (Phi) is 6.09. The minimum Gasteiger partial charge on any atom is -0.356 e. The van der Waals surface area contributed by atoms with Crippen LogP contribution in [0.15, 0.2) is 29.3 Å². The van der Waals surface area contributed by atoms with Crippen molar-refractivity contribution in [2.75, 3.05) is 40.3 Å². The van der Waals surface area contributed by atoms with E-state index in [4.69, 9.17) is 11.6 Å². The Morgan fingerprint density at radius 2 is 2.14 bits per heavy atom. The molecule has 0 unspecified atom stereocenters. The van der Waals surface area contributed by atoms with E-state index in [9.17, 15) is 0 Å². The molecular weight excluding hydrogens is 296 g/mol. The van der Waals surface area contributed by atoms with E-state index in [2.05, 4.69) is 46.6 Å². The fourth-order valence-corrected chi connectivity index (χ4v) is 2.72. The summed E-state index contributed by atoms with van der Waals surface area (Å²) >= 11 is 6.12. The molecule has 0 saturated heterocycles. The lowest BCUT2D eigenvalue weighted by Crippen LogP contribution is -2.43. The molecule has 2 rings (SSSR count).